The molecule has 2 unspecified atom stereocenters. The fourth-order valence-electron chi connectivity index (χ4n) is 1.59. The molecule has 84 valence electrons. The smallest absolute Gasteiger partial charge is 0.410 e. The van der Waals surface area contributed by atoms with Crippen LogP contribution >= 0.6 is 0 Å². The van der Waals surface area contributed by atoms with Crippen molar-refractivity contribution >= 4 is 13.9 Å². The van der Waals surface area contributed by atoms with Gasteiger partial charge in [0.1, 0.15) is 5.60 Å². The van der Waals surface area contributed by atoms with Crippen molar-refractivity contribution in [3.8, 4) is 0 Å². The van der Waals surface area contributed by atoms with Crippen LogP contribution in [0.15, 0.2) is 0 Å². The number of carbonyl (C=O) groups excluding carboxylic acids is 1. The van der Waals surface area contributed by atoms with Crippen LogP contribution in [0.1, 0.15) is 34.1 Å². The molecule has 1 aliphatic heterocycles. The molecule has 1 amide bonds. The van der Waals surface area contributed by atoms with Crippen molar-refractivity contribution in [2.24, 2.45) is 5.92 Å². The molecule has 0 N–H and O–H groups in total. The standard InChI is InChI=1S/C11H20BNO2/c1-8-5-6-13(7-9(8)12)10(14)15-11(2,3)4/h8-9H,5-7H2,1-4H3. The largest absolute Gasteiger partial charge is 0.444 e. The number of piperidine rings is 1. The van der Waals surface area contributed by atoms with Crippen molar-refractivity contribution in [2.45, 2.75) is 45.5 Å². The number of likely N-dealkylation sites (tertiary alicyclic amines) is 1. The Balaban J connectivity index is 2.48. The summed E-state index contributed by atoms with van der Waals surface area (Å²) in [6, 6.07) is 0. The normalized spacial score (nSPS) is 27.6. The number of ether oxygens (including phenoxy) is 1. The van der Waals surface area contributed by atoms with Gasteiger partial charge in [0.2, 0.25) is 0 Å². The van der Waals surface area contributed by atoms with Crippen LogP contribution in [0.2, 0.25) is 5.82 Å². The summed E-state index contributed by atoms with van der Waals surface area (Å²) in [5.74, 6) is 0.565. The van der Waals surface area contributed by atoms with Gasteiger partial charge < -0.3 is 9.64 Å². The van der Waals surface area contributed by atoms with Crippen molar-refractivity contribution in [3.63, 3.8) is 0 Å². The molecule has 3 nitrogen and oxygen atoms in total. The summed E-state index contributed by atoms with van der Waals surface area (Å²) in [6.45, 7) is 9.10. The lowest BCUT2D eigenvalue weighted by Crippen LogP contribution is -2.43. The molecule has 0 aromatic carbocycles. The Hall–Kier alpha value is -0.665. The second-order valence-corrected chi connectivity index (χ2v) is 5.36. The van der Waals surface area contributed by atoms with Crippen molar-refractivity contribution in [3.05, 3.63) is 0 Å². The molecule has 15 heavy (non-hydrogen) atoms. The fraction of sp³-hybridized carbons (Fsp3) is 0.909. The Morgan fingerprint density at radius 3 is 2.53 bits per heavy atom. The molecule has 2 radical (unpaired) electrons. The van der Waals surface area contributed by atoms with Crippen LogP contribution in [0.5, 0.6) is 0 Å². The van der Waals surface area contributed by atoms with Crippen molar-refractivity contribution in [1.29, 1.82) is 0 Å². The molecule has 2 atom stereocenters. The molecule has 1 saturated heterocycles. The third kappa shape index (κ3) is 3.76. The van der Waals surface area contributed by atoms with Gasteiger partial charge in [0.05, 0.1) is 7.85 Å². The molecule has 4 heteroatoms. The second-order valence-electron chi connectivity index (χ2n) is 5.36. The van der Waals surface area contributed by atoms with Crippen molar-refractivity contribution < 1.29 is 9.53 Å². The first-order valence-corrected chi connectivity index (χ1v) is 5.53. The van der Waals surface area contributed by atoms with Crippen molar-refractivity contribution in [1.82, 2.24) is 4.90 Å². The summed E-state index contributed by atoms with van der Waals surface area (Å²) in [6.07, 6.45) is 0.713. The number of carbonyl (C=O) groups is 1. The Kier molecular flexibility index (Phi) is 3.69. The number of rotatable bonds is 0. The zero-order valence-corrected chi connectivity index (χ0v) is 10.1. The van der Waals surface area contributed by atoms with E-state index in [1.54, 1.807) is 4.90 Å². The maximum atomic E-state index is 11.7. The SMILES string of the molecule is [B]C1CN(C(=O)OC(C)(C)C)CCC1C. The van der Waals surface area contributed by atoms with Gasteiger partial charge >= 0.3 is 6.09 Å². The zero-order chi connectivity index (χ0) is 11.6. The number of hydrogen-bond donors (Lipinski definition) is 0. The van der Waals surface area contributed by atoms with E-state index in [0.717, 1.165) is 13.0 Å². The third-order valence-corrected chi connectivity index (χ3v) is 2.67. The topological polar surface area (TPSA) is 29.5 Å². The molecule has 1 heterocycles. The average Bonchev–Trinajstić information content (AvgIpc) is 2.06. The van der Waals surface area contributed by atoms with Gasteiger partial charge in [-0.3, -0.25) is 0 Å². The van der Waals surface area contributed by atoms with Gasteiger partial charge in [-0.25, -0.2) is 4.79 Å². The molecule has 1 aliphatic rings. The van der Waals surface area contributed by atoms with E-state index in [0.29, 0.717) is 12.5 Å². The van der Waals surface area contributed by atoms with Crippen LogP contribution in [0.25, 0.3) is 0 Å². The monoisotopic (exact) mass is 209 g/mol. The summed E-state index contributed by atoms with van der Waals surface area (Å²) in [5.41, 5.74) is -0.426. The lowest BCUT2D eigenvalue weighted by Gasteiger charge is -2.36. The van der Waals surface area contributed by atoms with Crippen LogP contribution in [-0.4, -0.2) is 37.5 Å². The Morgan fingerprint density at radius 1 is 1.47 bits per heavy atom. The molecule has 0 bridgehead atoms. The summed E-state index contributed by atoms with van der Waals surface area (Å²) in [7, 11) is 5.92. The van der Waals surface area contributed by atoms with Crippen LogP contribution < -0.4 is 0 Å². The van der Waals surface area contributed by atoms with E-state index >= 15 is 0 Å². The first-order valence-electron chi connectivity index (χ1n) is 5.53. The van der Waals surface area contributed by atoms with Gasteiger partial charge in [0.25, 0.3) is 0 Å². The molecule has 0 spiro atoms. The Bertz CT molecular complexity index is 237. The van der Waals surface area contributed by atoms with E-state index in [1.165, 1.54) is 0 Å². The second kappa shape index (κ2) is 4.46. The minimum atomic E-state index is -0.426. The van der Waals surface area contributed by atoms with Crippen LogP contribution in [0, 0.1) is 5.92 Å². The Labute approximate surface area is 93.6 Å². The number of amides is 1. The Morgan fingerprint density at radius 2 is 2.07 bits per heavy atom. The maximum Gasteiger partial charge on any atom is 0.410 e. The number of nitrogens with zero attached hydrogens (tertiary/aromatic N) is 1. The molecule has 1 rings (SSSR count). The predicted molar refractivity (Wildman–Crippen MR) is 61.1 cm³/mol. The molecule has 1 fully saturated rings. The lowest BCUT2D eigenvalue weighted by atomic mass is 9.73. The molecular formula is C11H20BNO2. The quantitative estimate of drug-likeness (QED) is 0.572. The fourth-order valence-corrected chi connectivity index (χ4v) is 1.59. The third-order valence-electron chi connectivity index (χ3n) is 2.67. The summed E-state index contributed by atoms with van der Waals surface area (Å²) < 4.78 is 5.29. The highest BCUT2D eigenvalue weighted by molar-refractivity contribution is 6.12. The first kappa shape index (κ1) is 12.4. The van der Waals surface area contributed by atoms with Gasteiger partial charge in [0.15, 0.2) is 0 Å². The zero-order valence-electron chi connectivity index (χ0n) is 10.1. The van der Waals surface area contributed by atoms with E-state index in [1.807, 2.05) is 20.8 Å². The van der Waals surface area contributed by atoms with Crippen LogP contribution in [0.3, 0.4) is 0 Å². The van der Waals surface area contributed by atoms with E-state index in [2.05, 4.69) is 6.92 Å². The molecule has 0 aromatic heterocycles. The molecule has 0 saturated carbocycles. The first-order chi connectivity index (χ1) is 6.79. The minimum absolute atomic E-state index is 0.0752. The maximum absolute atomic E-state index is 11.7. The molecular weight excluding hydrogens is 189 g/mol. The van der Waals surface area contributed by atoms with Gasteiger partial charge in [-0.05, 0) is 33.1 Å². The highest BCUT2D eigenvalue weighted by Crippen LogP contribution is 2.26. The van der Waals surface area contributed by atoms with Gasteiger partial charge in [-0.15, -0.1) is 0 Å². The van der Waals surface area contributed by atoms with E-state index in [9.17, 15) is 4.79 Å². The minimum Gasteiger partial charge on any atom is -0.444 e. The van der Waals surface area contributed by atoms with E-state index in [-0.39, 0.29) is 11.9 Å². The number of hydrogen-bond acceptors (Lipinski definition) is 2. The van der Waals surface area contributed by atoms with Crippen molar-refractivity contribution in [2.75, 3.05) is 13.1 Å². The summed E-state index contributed by atoms with van der Waals surface area (Å²) >= 11 is 0. The average molecular weight is 209 g/mol. The molecule has 0 aromatic rings. The predicted octanol–water partition coefficient (Wildman–Crippen LogP) is 2.22. The van der Waals surface area contributed by atoms with Gasteiger partial charge in [-0.1, -0.05) is 12.7 Å². The van der Waals surface area contributed by atoms with E-state index in [4.69, 9.17) is 12.6 Å². The lowest BCUT2D eigenvalue weighted by molar-refractivity contribution is 0.0191. The summed E-state index contributed by atoms with van der Waals surface area (Å²) in [5, 5.41) is 0. The van der Waals surface area contributed by atoms with Gasteiger partial charge in [0, 0.05) is 13.1 Å². The van der Waals surface area contributed by atoms with E-state index < -0.39 is 5.60 Å². The van der Waals surface area contributed by atoms with Crippen LogP contribution in [-0.2, 0) is 4.74 Å². The molecule has 0 aliphatic carbocycles. The highest BCUT2D eigenvalue weighted by atomic mass is 16.6. The van der Waals surface area contributed by atoms with Crippen LogP contribution in [0.4, 0.5) is 4.79 Å². The summed E-state index contributed by atoms with van der Waals surface area (Å²) in [4.78, 5) is 13.4. The van der Waals surface area contributed by atoms with Gasteiger partial charge in [-0.2, -0.15) is 0 Å². The highest BCUT2D eigenvalue weighted by Gasteiger charge is 2.28.